The number of nitrogens with zero attached hydrogens (tertiary/aromatic N) is 1. The highest BCUT2D eigenvalue weighted by Gasteiger charge is 2.12. The molecule has 2 N–H and O–H groups in total. The monoisotopic (exact) mass is 257 g/mol. The Bertz CT molecular complexity index is 393. The maximum absolute atomic E-state index is 6.26. The summed E-state index contributed by atoms with van der Waals surface area (Å²) in [5.74, 6) is 0.817. The summed E-state index contributed by atoms with van der Waals surface area (Å²) >= 11 is 12.3. The van der Waals surface area contributed by atoms with Crippen LogP contribution >= 0.6 is 23.2 Å². The molecule has 0 spiro atoms. The maximum atomic E-state index is 6.26. The van der Waals surface area contributed by atoms with Gasteiger partial charge in [0.15, 0.2) is 5.96 Å². The summed E-state index contributed by atoms with van der Waals surface area (Å²) in [6.07, 6.45) is 0. The van der Waals surface area contributed by atoms with Crippen LogP contribution in [0, 0.1) is 0 Å². The number of halogens is 2. The Morgan fingerprint density at radius 3 is 2.94 bits per heavy atom. The molecule has 0 amide bonds. The Kier molecular flexibility index (Phi) is 3.91. The molecule has 0 saturated heterocycles. The second kappa shape index (κ2) is 5.41. The van der Waals surface area contributed by atoms with Crippen molar-refractivity contribution >= 4 is 29.2 Å². The zero-order chi connectivity index (χ0) is 11.4. The Morgan fingerprint density at radius 2 is 2.25 bits per heavy atom. The van der Waals surface area contributed by atoms with Gasteiger partial charge in [0.2, 0.25) is 0 Å². The van der Waals surface area contributed by atoms with Crippen molar-refractivity contribution in [3.8, 4) is 0 Å². The molecule has 1 unspecified atom stereocenters. The highest BCUT2D eigenvalue weighted by Crippen LogP contribution is 2.26. The first-order valence-corrected chi connectivity index (χ1v) is 5.99. The zero-order valence-electron chi connectivity index (χ0n) is 8.71. The molecule has 1 atom stereocenters. The highest BCUT2D eigenvalue weighted by atomic mass is 35.5. The van der Waals surface area contributed by atoms with Crippen LogP contribution in [0.2, 0.25) is 5.02 Å². The second-order valence-electron chi connectivity index (χ2n) is 3.53. The van der Waals surface area contributed by atoms with Crippen molar-refractivity contribution in [2.24, 2.45) is 4.99 Å². The molecule has 3 nitrogen and oxygen atoms in total. The van der Waals surface area contributed by atoms with Gasteiger partial charge in [-0.2, -0.15) is 0 Å². The van der Waals surface area contributed by atoms with Crippen molar-refractivity contribution in [2.75, 3.05) is 19.6 Å². The summed E-state index contributed by atoms with van der Waals surface area (Å²) in [7, 11) is 0. The van der Waals surface area contributed by atoms with Crippen molar-refractivity contribution in [3.63, 3.8) is 0 Å². The van der Waals surface area contributed by atoms with Gasteiger partial charge in [-0.25, -0.2) is 0 Å². The SMILES string of the molecule is Clc1ccccc1C(Cl)CNC1=NCCN1. The van der Waals surface area contributed by atoms with E-state index in [0.717, 1.165) is 24.6 Å². The minimum Gasteiger partial charge on any atom is -0.355 e. The van der Waals surface area contributed by atoms with Gasteiger partial charge in [-0.1, -0.05) is 29.8 Å². The minimum atomic E-state index is -0.154. The summed E-state index contributed by atoms with van der Waals surface area (Å²) in [6, 6.07) is 7.61. The van der Waals surface area contributed by atoms with Crippen molar-refractivity contribution in [1.29, 1.82) is 0 Å². The van der Waals surface area contributed by atoms with E-state index in [-0.39, 0.29) is 5.38 Å². The minimum absolute atomic E-state index is 0.154. The van der Waals surface area contributed by atoms with Gasteiger partial charge in [0.25, 0.3) is 0 Å². The third-order valence-corrected chi connectivity index (χ3v) is 3.10. The van der Waals surface area contributed by atoms with E-state index >= 15 is 0 Å². The maximum Gasteiger partial charge on any atom is 0.191 e. The lowest BCUT2D eigenvalue weighted by molar-refractivity contribution is 0.816. The van der Waals surface area contributed by atoms with E-state index in [0.29, 0.717) is 11.6 Å². The van der Waals surface area contributed by atoms with Gasteiger partial charge < -0.3 is 10.6 Å². The molecule has 1 aliphatic rings. The van der Waals surface area contributed by atoms with Crippen molar-refractivity contribution < 1.29 is 0 Å². The number of guanidine groups is 1. The van der Waals surface area contributed by atoms with Crippen LogP contribution in [0.5, 0.6) is 0 Å². The Morgan fingerprint density at radius 1 is 1.44 bits per heavy atom. The summed E-state index contributed by atoms with van der Waals surface area (Å²) in [4.78, 5) is 4.23. The van der Waals surface area contributed by atoms with Gasteiger partial charge in [0.1, 0.15) is 0 Å². The van der Waals surface area contributed by atoms with Gasteiger partial charge in [-0.05, 0) is 11.6 Å². The van der Waals surface area contributed by atoms with Gasteiger partial charge in [-0.15, -0.1) is 11.6 Å². The number of benzene rings is 1. The number of hydrogen-bond acceptors (Lipinski definition) is 3. The standard InChI is InChI=1S/C11H13Cl2N3/c12-9-4-2-1-3-8(9)10(13)7-16-11-14-5-6-15-11/h1-4,10H,5-7H2,(H2,14,15,16). The van der Waals surface area contributed by atoms with Gasteiger partial charge in [0.05, 0.1) is 11.9 Å². The quantitative estimate of drug-likeness (QED) is 0.815. The Balaban J connectivity index is 1.92. The molecule has 0 saturated carbocycles. The normalized spacial score (nSPS) is 16.5. The third kappa shape index (κ3) is 2.80. The van der Waals surface area contributed by atoms with Crippen LogP contribution in [0.25, 0.3) is 0 Å². The molecule has 5 heteroatoms. The van der Waals surface area contributed by atoms with Crippen molar-refractivity contribution in [3.05, 3.63) is 34.9 Å². The topological polar surface area (TPSA) is 36.4 Å². The van der Waals surface area contributed by atoms with Crippen LogP contribution in [0.15, 0.2) is 29.3 Å². The first-order chi connectivity index (χ1) is 7.77. The molecule has 0 radical (unpaired) electrons. The predicted octanol–water partition coefficient (Wildman–Crippen LogP) is 2.17. The smallest absolute Gasteiger partial charge is 0.191 e. The average Bonchev–Trinajstić information content (AvgIpc) is 2.79. The predicted molar refractivity (Wildman–Crippen MR) is 68.4 cm³/mol. The number of aliphatic imine (C=N–C) groups is 1. The summed E-state index contributed by atoms with van der Waals surface area (Å²) in [5, 5.41) is 6.83. The number of hydrogen-bond donors (Lipinski definition) is 2. The van der Waals surface area contributed by atoms with E-state index in [4.69, 9.17) is 23.2 Å². The summed E-state index contributed by atoms with van der Waals surface area (Å²) < 4.78 is 0. The molecular formula is C11H13Cl2N3. The van der Waals surface area contributed by atoms with E-state index in [1.165, 1.54) is 0 Å². The highest BCUT2D eigenvalue weighted by molar-refractivity contribution is 6.32. The Hall–Kier alpha value is -0.930. The number of rotatable bonds is 3. The van der Waals surface area contributed by atoms with E-state index in [9.17, 15) is 0 Å². The zero-order valence-corrected chi connectivity index (χ0v) is 10.2. The van der Waals surface area contributed by atoms with Crippen LogP contribution in [-0.4, -0.2) is 25.6 Å². The van der Waals surface area contributed by atoms with Gasteiger partial charge in [-0.3, -0.25) is 4.99 Å². The van der Waals surface area contributed by atoms with E-state index in [2.05, 4.69) is 15.6 Å². The van der Waals surface area contributed by atoms with Crippen LogP contribution in [-0.2, 0) is 0 Å². The summed E-state index contributed by atoms with van der Waals surface area (Å²) in [5.41, 5.74) is 0.942. The second-order valence-corrected chi connectivity index (χ2v) is 4.46. The first-order valence-electron chi connectivity index (χ1n) is 5.18. The third-order valence-electron chi connectivity index (χ3n) is 2.37. The summed E-state index contributed by atoms with van der Waals surface area (Å²) in [6.45, 7) is 2.32. The van der Waals surface area contributed by atoms with Crippen LogP contribution in [0.1, 0.15) is 10.9 Å². The van der Waals surface area contributed by atoms with Crippen LogP contribution in [0.4, 0.5) is 0 Å². The largest absolute Gasteiger partial charge is 0.355 e. The molecular weight excluding hydrogens is 245 g/mol. The van der Waals surface area contributed by atoms with E-state index < -0.39 is 0 Å². The molecule has 1 aromatic carbocycles. The molecule has 0 bridgehead atoms. The van der Waals surface area contributed by atoms with Gasteiger partial charge >= 0.3 is 0 Å². The molecule has 0 aliphatic carbocycles. The fourth-order valence-electron chi connectivity index (χ4n) is 1.54. The van der Waals surface area contributed by atoms with Crippen LogP contribution < -0.4 is 10.6 Å². The van der Waals surface area contributed by atoms with Crippen molar-refractivity contribution in [1.82, 2.24) is 10.6 Å². The van der Waals surface area contributed by atoms with E-state index in [1.54, 1.807) is 0 Å². The molecule has 0 fully saturated rings. The number of nitrogens with one attached hydrogen (secondary N) is 2. The molecule has 1 heterocycles. The fourth-order valence-corrected chi connectivity index (χ4v) is 2.13. The lowest BCUT2D eigenvalue weighted by Gasteiger charge is -2.13. The lowest BCUT2D eigenvalue weighted by Crippen LogP contribution is -2.35. The van der Waals surface area contributed by atoms with Gasteiger partial charge in [0, 0.05) is 18.1 Å². The molecule has 2 rings (SSSR count). The Labute approximate surface area is 105 Å². The van der Waals surface area contributed by atoms with Crippen molar-refractivity contribution in [2.45, 2.75) is 5.38 Å². The van der Waals surface area contributed by atoms with E-state index in [1.807, 2.05) is 24.3 Å². The molecule has 0 aromatic heterocycles. The average molecular weight is 258 g/mol. The number of alkyl halides is 1. The molecule has 16 heavy (non-hydrogen) atoms. The van der Waals surface area contributed by atoms with Crippen LogP contribution in [0.3, 0.4) is 0 Å². The molecule has 1 aliphatic heterocycles. The molecule has 1 aromatic rings. The fraction of sp³-hybridized carbons (Fsp3) is 0.364. The molecule has 86 valence electrons. The lowest BCUT2D eigenvalue weighted by atomic mass is 10.1. The first kappa shape index (κ1) is 11.6.